The molecule has 0 bridgehead atoms. The summed E-state index contributed by atoms with van der Waals surface area (Å²) in [7, 11) is 1.51. The number of hydrogen-bond donors (Lipinski definition) is 2. The van der Waals surface area contributed by atoms with E-state index in [-0.39, 0.29) is 11.2 Å². The zero-order valence-electron chi connectivity index (χ0n) is 9.45. The van der Waals surface area contributed by atoms with Gasteiger partial charge in [-0.25, -0.2) is 4.79 Å². The molecule has 0 aromatic carbocycles. The van der Waals surface area contributed by atoms with E-state index in [9.17, 15) is 9.59 Å². The molecule has 2 N–H and O–H groups in total. The van der Waals surface area contributed by atoms with Crippen molar-refractivity contribution < 1.29 is 0 Å². The van der Waals surface area contributed by atoms with Gasteiger partial charge in [-0.1, -0.05) is 0 Å². The Hall–Kier alpha value is -1.36. The predicted molar refractivity (Wildman–Crippen MR) is 61.6 cm³/mol. The molecule has 1 aliphatic rings. The van der Waals surface area contributed by atoms with Crippen LogP contribution in [0.4, 0.5) is 0 Å². The minimum atomic E-state index is -0.348. The molecule has 0 aliphatic carbocycles. The molecule has 1 fully saturated rings. The maximum atomic E-state index is 11.8. The van der Waals surface area contributed by atoms with Crippen molar-refractivity contribution in [1.82, 2.24) is 14.9 Å². The summed E-state index contributed by atoms with van der Waals surface area (Å²) in [5, 5.41) is 3.29. The third-order valence-electron chi connectivity index (χ3n) is 3.22. The summed E-state index contributed by atoms with van der Waals surface area (Å²) in [5.74, 6) is 0.555. The molecule has 0 amide bonds. The molecule has 0 saturated carbocycles. The summed E-state index contributed by atoms with van der Waals surface area (Å²) in [6, 6.07) is 0. The molecule has 0 spiro atoms. The third-order valence-corrected chi connectivity index (χ3v) is 3.22. The number of rotatable bonds is 2. The highest BCUT2D eigenvalue weighted by atomic mass is 16.2. The van der Waals surface area contributed by atoms with Crippen molar-refractivity contribution in [3.63, 3.8) is 0 Å². The highest BCUT2D eigenvalue weighted by molar-refractivity contribution is 5.05. The van der Waals surface area contributed by atoms with Gasteiger partial charge in [-0.05, 0) is 38.3 Å². The Balaban J connectivity index is 2.18. The zero-order chi connectivity index (χ0) is 11.5. The largest absolute Gasteiger partial charge is 0.328 e. The number of H-pyrrole nitrogens is 1. The summed E-state index contributed by atoms with van der Waals surface area (Å²) in [4.78, 5) is 25.6. The first-order valence-electron chi connectivity index (χ1n) is 5.67. The Bertz CT molecular complexity index is 469. The lowest BCUT2D eigenvalue weighted by molar-refractivity contribution is 0.370. The smallest absolute Gasteiger partial charge is 0.317 e. The molecule has 1 saturated heterocycles. The van der Waals surface area contributed by atoms with Crippen LogP contribution in [-0.2, 0) is 13.5 Å². The van der Waals surface area contributed by atoms with Crippen molar-refractivity contribution in [2.75, 3.05) is 13.1 Å². The molecule has 2 heterocycles. The van der Waals surface area contributed by atoms with E-state index in [1.165, 1.54) is 7.05 Å². The van der Waals surface area contributed by atoms with Crippen molar-refractivity contribution in [2.45, 2.75) is 19.3 Å². The van der Waals surface area contributed by atoms with Crippen LogP contribution in [0.5, 0.6) is 0 Å². The molecule has 5 heteroatoms. The average Bonchev–Trinajstić information content (AvgIpc) is 2.31. The number of nitrogens with one attached hydrogen (secondary N) is 2. The standard InChI is InChI=1S/C11H17N3O2/c1-14-10(15)9(7-13-11(14)16)6-8-2-4-12-5-3-8/h7-8,12H,2-6H2,1H3,(H,13,16). The molecular formula is C11H17N3O2. The fourth-order valence-corrected chi connectivity index (χ4v) is 2.16. The van der Waals surface area contributed by atoms with Gasteiger partial charge in [0.15, 0.2) is 0 Å². The summed E-state index contributed by atoms with van der Waals surface area (Å²) >= 11 is 0. The fourth-order valence-electron chi connectivity index (χ4n) is 2.16. The van der Waals surface area contributed by atoms with E-state index in [1.807, 2.05) is 0 Å². The SMILES string of the molecule is Cn1c(=O)[nH]cc(CC2CCNCC2)c1=O. The van der Waals surface area contributed by atoms with E-state index in [1.54, 1.807) is 6.20 Å². The second kappa shape index (κ2) is 4.65. The second-order valence-electron chi connectivity index (χ2n) is 4.38. The van der Waals surface area contributed by atoms with Crippen molar-refractivity contribution in [3.8, 4) is 0 Å². The lowest BCUT2D eigenvalue weighted by atomic mass is 9.92. The van der Waals surface area contributed by atoms with E-state index < -0.39 is 0 Å². The van der Waals surface area contributed by atoms with E-state index in [0.717, 1.165) is 36.9 Å². The molecule has 1 aromatic rings. The number of aromatic nitrogens is 2. The number of aromatic amines is 1. The molecule has 1 aromatic heterocycles. The first-order chi connectivity index (χ1) is 7.68. The van der Waals surface area contributed by atoms with Crippen LogP contribution in [-0.4, -0.2) is 22.6 Å². The monoisotopic (exact) mass is 223 g/mol. The van der Waals surface area contributed by atoms with Gasteiger partial charge in [0, 0.05) is 18.8 Å². The molecule has 5 nitrogen and oxygen atoms in total. The van der Waals surface area contributed by atoms with Crippen LogP contribution in [0.1, 0.15) is 18.4 Å². The van der Waals surface area contributed by atoms with E-state index in [4.69, 9.17) is 0 Å². The van der Waals surface area contributed by atoms with Crippen LogP contribution >= 0.6 is 0 Å². The van der Waals surface area contributed by atoms with Gasteiger partial charge in [0.05, 0.1) is 0 Å². The van der Waals surface area contributed by atoms with Gasteiger partial charge in [0.25, 0.3) is 5.56 Å². The molecule has 88 valence electrons. The van der Waals surface area contributed by atoms with Gasteiger partial charge in [-0.15, -0.1) is 0 Å². The van der Waals surface area contributed by atoms with Crippen molar-refractivity contribution in [3.05, 3.63) is 32.6 Å². The lowest BCUT2D eigenvalue weighted by Crippen LogP contribution is -2.36. The molecule has 16 heavy (non-hydrogen) atoms. The maximum Gasteiger partial charge on any atom is 0.328 e. The second-order valence-corrected chi connectivity index (χ2v) is 4.38. The van der Waals surface area contributed by atoms with Crippen LogP contribution in [0.2, 0.25) is 0 Å². The highest BCUT2D eigenvalue weighted by Crippen LogP contribution is 2.15. The third kappa shape index (κ3) is 2.24. The summed E-state index contributed by atoms with van der Waals surface area (Å²) < 4.78 is 1.14. The number of nitrogens with zero attached hydrogens (tertiary/aromatic N) is 1. The minimum absolute atomic E-state index is 0.165. The first-order valence-corrected chi connectivity index (χ1v) is 5.67. The van der Waals surface area contributed by atoms with Crippen molar-refractivity contribution in [2.24, 2.45) is 13.0 Å². The Labute approximate surface area is 93.5 Å². The predicted octanol–water partition coefficient (Wildman–Crippen LogP) is -0.384. The van der Waals surface area contributed by atoms with E-state index in [2.05, 4.69) is 10.3 Å². The Morgan fingerprint density at radius 2 is 2.06 bits per heavy atom. The molecule has 0 radical (unpaired) electrons. The summed E-state index contributed by atoms with van der Waals surface area (Å²) in [5.41, 5.74) is 0.204. The fraction of sp³-hybridized carbons (Fsp3) is 0.636. The van der Waals surface area contributed by atoms with Crippen LogP contribution < -0.4 is 16.6 Å². The van der Waals surface area contributed by atoms with Crippen LogP contribution in [0.25, 0.3) is 0 Å². The Morgan fingerprint density at radius 3 is 2.75 bits per heavy atom. The zero-order valence-corrected chi connectivity index (χ0v) is 9.45. The quantitative estimate of drug-likeness (QED) is 0.718. The minimum Gasteiger partial charge on any atom is -0.317 e. The summed E-state index contributed by atoms with van der Waals surface area (Å²) in [6.07, 6.45) is 4.53. The van der Waals surface area contributed by atoms with Gasteiger partial charge in [-0.2, -0.15) is 0 Å². The lowest BCUT2D eigenvalue weighted by Gasteiger charge is -2.22. The van der Waals surface area contributed by atoms with E-state index >= 15 is 0 Å². The van der Waals surface area contributed by atoms with E-state index in [0.29, 0.717) is 11.5 Å². The van der Waals surface area contributed by atoms with Gasteiger partial charge in [-0.3, -0.25) is 9.36 Å². The molecule has 2 rings (SSSR count). The highest BCUT2D eigenvalue weighted by Gasteiger charge is 2.15. The van der Waals surface area contributed by atoms with Gasteiger partial charge in [0.2, 0.25) is 0 Å². The topological polar surface area (TPSA) is 66.9 Å². The van der Waals surface area contributed by atoms with Gasteiger partial charge in [0.1, 0.15) is 0 Å². The molecular weight excluding hydrogens is 206 g/mol. The first kappa shape index (κ1) is 11.1. The normalized spacial score (nSPS) is 17.6. The van der Waals surface area contributed by atoms with Gasteiger partial charge >= 0.3 is 5.69 Å². The van der Waals surface area contributed by atoms with Gasteiger partial charge < -0.3 is 10.3 Å². The Morgan fingerprint density at radius 1 is 1.38 bits per heavy atom. The average molecular weight is 223 g/mol. The van der Waals surface area contributed by atoms with Crippen LogP contribution in [0.15, 0.2) is 15.8 Å². The molecule has 1 aliphatic heterocycles. The maximum absolute atomic E-state index is 11.8. The number of piperidine rings is 1. The molecule has 0 atom stereocenters. The summed E-state index contributed by atoms with van der Waals surface area (Å²) in [6.45, 7) is 2.04. The number of hydrogen-bond acceptors (Lipinski definition) is 3. The van der Waals surface area contributed by atoms with Crippen molar-refractivity contribution in [1.29, 1.82) is 0 Å². The van der Waals surface area contributed by atoms with Crippen LogP contribution in [0.3, 0.4) is 0 Å². The van der Waals surface area contributed by atoms with Crippen molar-refractivity contribution >= 4 is 0 Å². The van der Waals surface area contributed by atoms with Crippen LogP contribution in [0, 0.1) is 5.92 Å². The Kier molecular flexibility index (Phi) is 3.24. The molecule has 0 unspecified atom stereocenters.